The van der Waals surface area contributed by atoms with Gasteiger partial charge in [-0.2, -0.15) is 0 Å². The van der Waals surface area contributed by atoms with Crippen LogP contribution in [0.5, 0.6) is 0 Å². The van der Waals surface area contributed by atoms with E-state index >= 15 is 0 Å². The molecule has 0 aliphatic carbocycles. The number of hydrogen-bond donors (Lipinski definition) is 3. The van der Waals surface area contributed by atoms with E-state index < -0.39 is 5.97 Å². The highest BCUT2D eigenvalue weighted by atomic mass is 79.9. The van der Waals surface area contributed by atoms with E-state index in [9.17, 15) is 14.0 Å². The van der Waals surface area contributed by atoms with E-state index in [4.69, 9.17) is 5.11 Å². The average molecular weight is 361 g/mol. The first-order valence-corrected chi connectivity index (χ1v) is 7.50. The highest BCUT2D eigenvalue weighted by molar-refractivity contribution is 9.10. The predicted molar refractivity (Wildman–Crippen MR) is 81.8 cm³/mol. The van der Waals surface area contributed by atoms with Crippen LogP contribution < -0.4 is 10.6 Å². The van der Waals surface area contributed by atoms with Gasteiger partial charge in [0.25, 0.3) is 0 Å². The number of nitrogens with one attached hydrogen (secondary N) is 2. The maximum Gasteiger partial charge on any atom is 0.319 e. The maximum absolute atomic E-state index is 12.9. The van der Waals surface area contributed by atoms with E-state index in [1.807, 2.05) is 0 Å². The first-order chi connectivity index (χ1) is 9.99. The van der Waals surface area contributed by atoms with E-state index in [1.165, 1.54) is 18.2 Å². The summed E-state index contributed by atoms with van der Waals surface area (Å²) in [6, 6.07) is 3.67. The molecule has 0 heterocycles. The fourth-order valence-electron chi connectivity index (χ4n) is 1.71. The number of carbonyl (C=O) groups is 2. The molecular formula is C14H18BrFN2O3. The Morgan fingerprint density at radius 2 is 1.90 bits per heavy atom. The Morgan fingerprint density at radius 3 is 2.57 bits per heavy atom. The molecule has 0 unspecified atom stereocenters. The number of rotatable bonds is 8. The molecule has 1 aromatic carbocycles. The number of carbonyl (C=O) groups excluding carboxylic acids is 1. The third kappa shape index (κ3) is 7.65. The van der Waals surface area contributed by atoms with Gasteiger partial charge in [-0.15, -0.1) is 0 Å². The van der Waals surface area contributed by atoms with Gasteiger partial charge in [0.2, 0.25) is 0 Å². The molecule has 3 N–H and O–H groups in total. The van der Waals surface area contributed by atoms with Gasteiger partial charge < -0.3 is 15.7 Å². The molecule has 0 aliphatic rings. The summed E-state index contributed by atoms with van der Waals surface area (Å²) < 4.78 is 13.4. The molecule has 116 valence electrons. The summed E-state index contributed by atoms with van der Waals surface area (Å²) in [6.07, 6.45) is 3.33. The summed E-state index contributed by atoms with van der Waals surface area (Å²) in [4.78, 5) is 21.9. The van der Waals surface area contributed by atoms with Crippen LogP contribution in [-0.4, -0.2) is 23.7 Å². The number of benzene rings is 1. The van der Waals surface area contributed by atoms with Gasteiger partial charge in [0.15, 0.2) is 0 Å². The molecule has 0 aliphatic heterocycles. The first kappa shape index (κ1) is 17.4. The van der Waals surface area contributed by atoms with Crippen LogP contribution in [0.1, 0.15) is 32.1 Å². The molecule has 0 aromatic heterocycles. The number of urea groups is 1. The Morgan fingerprint density at radius 1 is 1.19 bits per heavy atom. The summed E-state index contributed by atoms with van der Waals surface area (Å²) in [6.45, 7) is 0.512. The number of anilines is 1. The van der Waals surface area contributed by atoms with E-state index in [-0.39, 0.29) is 18.3 Å². The van der Waals surface area contributed by atoms with Crippen molar-refractivity contribution in [3.8, 4) is 0 Å². The van der Waals surface area contributed by atoms with Gasteiger partial charge in [-0.05, 0) is 47.0 Å². The molecule has 2 amide bonds. The van der Waals surface area contributed by atoms with Crippen molar-refractivity contribution in [3.63, 3.8) is 0 Å². The van der Waals surface area contributed by atoms with Crippen molar-refractivity contribution in [2.75, 3.05) is 11.9 Å². The van der Waals surface area contributed by atoms with Gasteiger partial charge >= 0.3 is 12.0 Å². The fourth-order valence-corrected chi connectivity index (χ4v) is 2.16. The standard InChI is InChI=1S/C14H18BrFN2O3/c15-11-9-10(16)6-7-12(11)18-14(21)17-8-4-2-1-3-5-13(19)20/h6-7,9H,1-5,8H2,(H,19,20)(H2,17,18,21). The molecule has 1 rings (SSSR count). The van der Waals surface area contributed by atoms with Crippen LogP contribution in [0.3, 0.4) is 0 Å². The van der Waals surface area contributed by atoms with Crippen LogP contribution in [0.4, 0.5) is 14.9 Å². The number of carboxylic acids is 1. The van der Waals surface area contributed by atoms with Crippen LogP contribution in [-0.2, 0) is 4.79 Å². The van der Waals surface area contributed by atoms with Crippen molar-refractivity contribution in [3.05, 3.63) is 28.5 Å². The number of hydrogen-bond acceptors (Lipinski definition) is 2. The van der Waals surface area contributed by atoms with Gasteiger partial charge in [0, 0.05) is 17.4 Å². The molecule has 1 aromatic rings. The van der Waals surface area contributed by atoms with Gasteiger partial charge in [0.05, 0.1) is 5.69 Å². The Labute approximate surface area is 131 Å². The predicted octanol–water partition coefficient (Wildman–Crippen LogP) is 3.74. The minimum atomic E-state index is -0.780. The Hall–Kier alpha value is -1.63. The SMILES string of the molecule is O=C(O)CCCCCCNC(=O)Nc1ccc(F)cc1Br. The van der Waals surface area contributed by atoms with Crippen LogP contribution >= 0.6 is 15.9 Å². The number of aliphatic carboxylic acids is 1. The average Bonchev–Trinajstić information content (AvgIpc) is 2.40. The second-order valence-electron chi connectivity index (χ2n) is 4.56. The molecular weight excluding hydrogens is 343 g/mol. The molecule has 0 atom stereocenters. The van der Waals surface area contributed by atoms with Gasteiger partial charge in [-0.25, -0.2) is 9.18 Å². The van der Waals surface area contributed by atoms with Crippen molar-refractivity contribution in [1.82, 2.24) is 5.32 Å². The monoisotopic (exact) mass is 360 g/mol. The smallest absolute Gasteiger partial charge is 0.319 e. The molecule has 0 saturated carbocycles. The van der Waals surface area contributed by atoms with E-state index in [0.717, 1.165) is 19.3 Å². The van der Waals surface area contributed by atoms with Crippen LogP contribution in [0, 0.1) is 5.82 Å². The van der Waals surface area contributed by atoms with Gasteiger partial charge in [-0.3, -0.25) is 4.79 Å². The lowest BCUT2D eigenvalue weighted by atomic mass is 10.1. The van der Waals surface area contributed by atoms with E-state index in [2.05, 4.69) is 26.6 Å². The minimum Gasteiger partial charge on any atom is -0.481 e. The second-order valence-corrected chi connectivity index (χ2v) is 5.42. The quantitative estimate of drug-likeness (QED) is 0.617. The van der Waals surface area contributed by atoms with Crippen LogP contribution in [0.2, 0.25) is 0 Å². The number of halogens is 2. The van der Waals surface area contributed by atoms with Crippen molar-refractivity contribution in [2.45, 2.75) is 32.1 Å². The molecule has 21 heavy (non-hydrogen) atoms. The summed E-state index contributed by atoms with van der Waals surface area (Å²) in [5.74, 6) is -1.16. The van der Waals surface area contributed by atoms with E-state index in [0.29, 0.717) is 23.1 Å². The Bertz CT molecular complexity index is 497. The van der Waals surface area contributed by atoms with Crippen LogP contribution in [0.15, 0.2) is 22.7 Å². The van der Waals surface area contributed by atoms with Crippen molar-refractivity contribution in [1.29, 1.82) is 0 Å². The normalized spacial score (nSPS) is 10.2. The molecule has 0 radical (unpaired) electrons. The Balaban J connectivity index is 2.15. The fraction of sp³-hybridized carbons (Fsp3) is 0.429. The third-order valence-electron chi connectivity index (χ3n) is 2.78. The lowest BCUT2D eigenvalue weighted by Gasteiger charge is -2.09. The Kier molecular flexibility index (Phi) is 7.74. The van der Waals surface area contributed by atoms with Crippen molar-refractivity contribution in [2.24, 2.45) is 0 Å². The molecule has 0 spiro atoms. The summed E-state index contributed by atoms with van der Waals surface area (Å²) in [7, 11) is 0. The first-order valence-electron chi connectivity index (χ1n) is 6.70. The number of amides is 2. The zero-order chi connectivity index (χ0) is 15.7. The zero-order valence-corrected chi connectivity index (χ0v) is 13.1. The van der Waals surface area contributed by atoms with Gasteiger partial charge in [-0.1, -0.05) is 12.8 Å². The van der Waals surface area contributed by atoms with Gasteiger partial charge in [0.1, 0.15) is 5.82 Å². The molecule has 0 fully saturated rings. The molecule has 0 bridgehead atoms. The lowest BCUT2D eigenvalue weighted by molar-refractivity contribution is -0.137. The molecule has 5 nitrogen and oxygen atoms in total. The minimum absolute atomic E-state index is 0.187. The number of carboxylic acid groups (broad SMARTS) is 1. The topological polar surface area (TPSA) is 78.4 Å². The molecule has 7 heteroatoms. The highest BCUT2D eigenvalue weighted by Crippen LogP contribution is 2.22. The maximum atomic E-state index is 12.9. The van der Waals surface area contributed by atoms with E-state index in [1.54, 1.807) is 0 Å². The largest absolute Gasteiger partial charge is 0.481 e. The zero-order valence-electron chi connectivity index (χ0n) is 11.5. The summed E-state index contributed by atoms with van der Waals surface area (Å²) in [5.41, 5.74) is 0.496. The summed E-state index contributed by atoms with van der Waals surface area (Å²) >= 11 is 3.17. The second kappa shape index (κ2) is 9.33. The number of unbranched alkanes of at least 4 members (excludes halogenated alkanes) is 3. The molecule has 0 saturated heterocycles. The third-order valence-corrected chi connectivity index (χ3v) is 3.44. The van der Waals surface area contributed by atoms with Crippen LogP contribution in [0.25, 0.3) is 0 Å². The van der Waals surface area contributed by atoms with Crippen molar-refractivity contribution < 1.29 is 19.1 Å². The van der Waals surface area contributed by atoms with Crippen molar-refractivity contribution >= 4 is 33.6 Å². The highest BCUT2D eigenvalue weighted by Gasteiger charge is 2.05. The summed E-state index contributed by atoms with van der Waals surface area (Å²) in [5, 5.41) is 13.8. The lowest BCUT2D eigenvalue weighted by Crippen LogP contribution is -2.29.